The van der Waals surface area contributed by atoms with E-state index in [9.17, 15) is 13.0 Å². The molecular formula is C10H11NO3S3. The van der Waals surface area contributed by atoms with E-state index in [0.29, 0.717) is 17.3 Å². The molecule has 1 aromatic carbocycles. The Morgan fingerprint density at radius 2 is 2.12 bits per heavy atom. The van der Waals surface area contributed by atoms with Crippen LogP contribution in [0.25, 0.3) is 10.2 Å². The molecule has 1 heterocycles. The third-order valence-electron chi connectivity index (χ3n) is 2.34. The first-order chi connectivity index (χ1) is 7.97. The number of nitrogens with zero attached hydrogens (tertiary/aromatic N) is 1. The molecule has 0 aliphatic rings. The van der Waals surface area contributed by atoms with Crippen molar-refractivity contribution in [1.82, 2.24) is 0 Å². The van der Waals surface area contributed by atoms with Crippen LogP contribution in [-0.4, -0.2) is 18.7 Å². The molecule has 0 spiro atoms. The fourth-order valence-corrected chi connectivity index (χ4v) is 4.00. The average Bonchev–Trinajstić information content (AvgIpc) is 2.54. The Morgan fingerprint density at radius 1 is 1.41 bits per heavy atom. The molecule has 2 aromatic rings. The van der Waals surface area contributed by atoms with Crippen LogP contribution >= 0.6 is 22.1 Å². The molecule has 17 heavy (non-hydrogen) atoms. The minimum Gasteiger partial charge on any atom is -0.739 e. The number of fused-ring (bicyclic) bond motifs is 1. The molecule has 0 fully saturated rings. The predicted octanol–water partition coefficient (Wildman–Crippen LogP) is 1.69. The summed E-state index contributed by atoms with van der Waals surface area (Å²) in [4.78, 5) is 0. The van der Waals surface area contributed by atoms with Crippen LogP contribution in [0.1, 0.15) is 5.01 Å². The molecule has 0 atom stereocenters. The molecule has 92 valence electrons. The largest absolute Gasteiger partial charge is 0.739 e. The summed E-state index contributed by atoms with van der Waals surface area (Å²) in [7, 11) is -3.74. The van der Waals surface area contributed by atoms with Gasteiger partial charge in [0.2, 0.25) is 10.5 Å². The lowest BCUT2D eigenvalue weighted by Gasteiger charge is -2.03. The van der Waals surface area contributed by atoms with Crippen LogP contribution in [0.5, 0.6) is 0 Å². The smallest absolute Gasteiger partial charge is 0.235 e. The van der Waals surface area contributed by atoms with Crippen molar-refractivity contribution in [3.05, 3.63) is 29.3 Å². The highest BCUT2D eigenvalue weighted by Gasteiger charge is 2.16. The van der Waals surface area contributed by atoms with Crippen LogP contribution in [0.4, 0.5) is 0 Å². The van der Waals surface area contributed by atoms with Crippen molar-refractivity contribution >= 4 is 41.5 Å². The summed E-state index contributed by atoms with van der Waals surface area (Å²) < 4.78 is 34.7. The monoisotopic (exact) mass is 289 g/mol. The highest BCUT2D eigenvalue weighted by molar-refractivity contribution is 8.69. The second-order valence-corrected chi connectivity index (χ2v) is 8.10. The van der Waals surface area contributed by atoms with Crippen LogP contribution in [0.15, 0.2) is 24.3 Å². The van der Waals surface area contributed by atoms with Crippen molar-refractivity contribution in [3.63, 3.8) is 0 Å². The summed E-state index contributed by atoms with van der Waals surface area (Å²) in [5.74, 6) is 0.276. The molecule has 0 unspecified atom stereocenters. The van der Waals surface area contributed by atoms with Crippen LogP contribution < -0.4 is 4.57 Å². The molecular weight excluding hydrogens is 278 g/mol. The Bertz CT molecular complexity index is 633. The van der Waals surface area contributed by atoms with Gasteiger partial charge in [-0.25, -0.2) is 8.42 Å². The lowest BCUT2D eigenvalue weighted by atomic mass is 10.3. The zero-order chi connectivity index (χ0) is 12.5. The number of thiazole rings is 1. The molecule has 0 bridgehead atoms. The summed E-state index contributed by atoms with van der Waals surface area (Å²) in [6, 6.07) is 7.94. The summed E-state index contributed by atoms with van der Waals surface area (Å²) in [5, 5.41) is 1.11. The zero-order valence-corrected chi connectivity index (χ0v) is 11.6. The quantitative estimate of drug-likeness (QED) is 0.488. The van der Waals surface area contributed by atoms with Gasteiger partial charge in [0.15, 0.2) is 6.54 Å². The fourth-order valence-electron chi connectivity index (χ4n) is 1.66. The molecule has 0 aliphatic heterocycles. The molecule has 0 aliphatic carbocycles. The SMILES string of the molecule is Cc1sc2ccccc2[n+]1CCSS(=O)(=O)[O-]. The first-order valence-corrected chi connectivity index (χ1v) is 8.68. The number of aromatic nitrogens is 1. The van der Waals surface area contributed by atoms with E-state index in [-0.39, 0.29) is 5.75 Å². The van der Waals surface area contributed by atoms with E-state index in [1.807, 2.05) is 35.8 Å². The molecule has 4 nitrogen and oxygen atoms in total. The Hall–Kier alpha value is -0.630. The molecule has 0 radical (unpaired) electrons. The van der Waals surface area contributed by atoms with E-state index in [1.165, 1.54) is 4.70 Å². The van der Waals surface area contributed by atoms with Gasteiger partial charge in [0, 0.05) is 13.0 Å². The van der Waals surface area contributed by atoms with Crippen LogP contribution in [-0.2, 0) is 15.7 Å². The third-order valence-corrected chi connectivity index (χ3v) is 5.42. The van der Waals surface area contributed by atoms with Crippen molar-refractivity contribution in [2.75, 3.05) is 5.75 Å². The third kappa shape index (κ3) is 3.19. The van der Waals surface area contributed by atoms with Crippen molar-refractivity contribution in [2.45, 2.75) is 13.5 Å². The van der Waals surface area contributed by atoms with Gasteiger partial charge in [-0.1, -0.05) is 23.5 Å². The first kappa shape index (κ1) is 12.8. The first-order valence-electron chi connectivity index (χ1n) is 4.95. The van der Waals surface area contributed by atoms with E-state index in [2.05, 4.69) is 0 Å². The van der Waals surface area contributed by atoms with Crippen molar-refractivity contribution in [2.24, 2.45) is 0 Å². The summed E-state index contributed by atoms with van der Waals surface area (Å²) in [6.45, 7) is 2.52. The fraction of sp³-hybridized carbons (Fsp3) is 0.300. The summed E-state index contributed by atoms with van der Waals surface area (Å²) >= 11 is 1.66. The van der Waals surface area contributed by atoms with Gasteiger partial charge in [0.25, 0.3) is 0 Å². The highest BCUT2D eigenvalue weighted by atomic mass is 33.1. The van der Waals surface area contributed by atoms with Gasteiger partial charge in [-0.2, -0.15) is 4.57 Å². The van der Waals surface area contributed by atoms with Gasteiger partial charge in [-0.15, -0.1) is 0 Å². The van der Waals surface area contributed by atoms with E-state index >= 15 is 0 Å². The summed E-state index contributed by atoms with van der Waals surface area (Å²) in [6.07, 6.45) is 0. The molecule has 1 aromatic heterocycles. The second-order valence-electron chi connectivity index (χ2n) is 3.47. The van der Waals surface area contributed by atoms with Crippen LogP contribution in [0, 0.1) is 6.92 Å². The number of hydrogen-bond donors (Lipinski definition) is 0. The van der Waals surface area contributed by atoms with E-state index in [1.54, 1.807) is 11.3 Å². The van der Waals surface area contributed by atoms with Gasteiger partial charge < -0.3 is 4.55 Å². The molecule has 2 rings (SSSR count). The minimum atomic E-state index is -4.19. The molecule has 7 heteroatoms. The lowest BCUT2D eigenvalue weighted by molar-refractivity contribution is -0.668. The summed E-state index contributed by atoms with van der Waals surface area (Å²) in [5.41, 5.74) is 1.08. The number of benzene rings is 1. The van der Waals surface area contributed by atoms with Gasteiger partial charge in [-0.3, -0.25) is 0 Å². The highest BCUT2D eigenvalue weighted by Crippen LogP contribution is 2.19. The Balaban J connectivity index is 2.21. The van der Waals surface area contributed by atoms with Gasteiger partial charge >= 0.3 is 0 Å². The molecule has 0 N–H and O–H groups in total. The maximum Gasteiger partial charge on any atom is 0.235 e. The topological polar surface area (TPSA) is 61.1 Å². The van der Waals surface area contributed by atoms with Crippen molar-refractivity contribution in [3.8, 4) is 0 Å². The Morgan fingerprint density at radius 3 is 2.82 bits per heavy atom. The van der Waals surface area contributed by atoms with Crippen molar-refractivity contribution in [1.29, 1.82) is 0 Å². The number of hydrogen-bond acceptors (Lipinski definition) is 5. The van der Waals surface area contributed by atoms with Gasteiger partial charge in [0.05, 0.1) is 5.75 Å². The van der Waals surface area contributed by atoms with Crippen molar-refractivity contribution < 1.29 is 17.5 Å². The maximum atomic E-state index is 10.5. The maximum absolute atomic E-state index is 10.5. The zero-order valence-electron chi connectivity index (χ0n) is 9.12. The van der Waals surface area contributed by atoms with Gasteiger partial charge in [-0.05, 0) is 16.9 Å². The molecule has 0 saturated heterocycles. The van der Waals surface area contributed by atoms with Crippen LogP contribution in [0.2, 0.25) is 0 Å². The number of para-hydroxylation sites is 1. The lowest BCUT2D eigenvalue weighted by Crippen LogP contribution is -2.36. The normalized spacial score (nSPS) is 12.1. The Labute approximate surface area is 107 Å². The standard InChI is InChI=1S/C10H11NO3S3/c1-8-11(6-7-15-17(12,13)14)9-4-2-3-5-10(9)16-8/h2-5H,6-7H2,1H3. The number of aryl methyl sites for hydroxylation is 2. The predicted molar refractivity (Wildman–Crippen MR) is 68.9 cm³/mol. The second kappa shape index (κ2) is 4.93. The number of rotatable bonds is 4. The molecule has 0 saturated carbocycles. The average molecular weight is 289 g/mol. The van der Waals surface area contributed by atoms with E-state index in [4.69, 9.17) is 0 Å². The van der Waals surface area contributed by atoms with E-state index in [0.717, 1.165) is 10.5 Å². The minimum absolute atomic E-state index is 0.276. The van der Waals surface area contributed by atoms with E-state index < -0.39 is 9.15 Å². The van der Waals surface area contributed by atoms with Gasteiger partial charge in [0.1, 0.15) is 13.9 Å². The molecule has 0 amide bonds. The van der Waals surface area contributed by atoms with Crippen LogP contribution in [0.3, 0.4) is 0 Å². The Kier molecular flexibility index (Phi) is 3.72.